The standard InChI is InChI=1S/C9H6F3NS/c1-5-2-3-6(4-13)7(8(5)14)9(10,11)12/h2-3,14H,1H3. The number of nitrogens with zero attached hydrogens (tertiary/aromatic N) is 1. The lowest BCUT2D eigenvalue weighted by Crippen LogP contribution is -2.10. The first-order valence-corrected chi connectivity index (χ1v) is 4.12. The van der Waals surface area contributed by atoms with Gasteiger partial charge in [0.15, 0.2) is 0 Å². The monoisotopic (exact) mass is 217 g/mol. The quantitative estimate of drug-likeness (QED) is 0.663. The predicted molar refractivity (Wildman–Crippen MR) is 48.1 cm³/mol. The Hall–Kier alpha value is -1.15. The molecule has 0 amide bonds. The van der Waals surface area contributed by atoms with Gasteiger partial charge in [0.2, 0.25) is 0 Å². The van der Waals surface area contributed by atoms with E-state index in [4.69, 9.17) is 5.26 Å². The second-order valence-corrected chi connectivity index (χ2v) is 3.21. The normalized spacial score (nSPS) is 11.1. The minimum absolute atomic E-state index is 0.184. The van der Waals surface area contributed by atoms with Crippen molar-refractivity contribution in [3.63, 3.8) is 0 Å². The number of hydrogen-bond acceptors (Lipinski definition) is 2. The second kappa shape index (κ2) is 3.54. The molecule has 1 rings (SSSR count). The highest BCUT2D eigenvalue weighted by Crippen LogP contribution is 2.37. The number of thiol groups is 1. The highest BCUT2D eigenvalue weighted by atomic mass is 32.1. The van der Waals surface area contributed by atoms with Crippen molar-refractivity contribution in [2.45, 2.75) is 18.0 Å². The average Bonchev–Trinajstić information content (AvgIpc) is 2.07. The van der Waals surface area contributed by atoms with Gasteiger partial charge in [-0.15, -0.1) is 12.6 Å². The molecule has 0 radical (unpaired) electrons. The molecule has 1 aromatic rings. The van der Waals surface area contributed by atoms with E-state index in [2.05, 4.69) is 12.6 Å². The number of benzene rings is 1. The molecule has 0 aliphatic heterocycles. The van der Waals surface area contributed by atoms with Crippen molar-refractivity contribution < 1.29 is 13.2 Å². The molecule has 1 nitrogen and oxygen atoms in total. The maximum Gasteiger partial charge on any atom is 0.418 e. The van der Waals surface area contributed by atoms with E-state index in [9.17, 15) is 13.2 Å². The molecule has 5 heteroatoms. The van der Waals surface area contributed by atoms with Gasteiger partial charge in [0.1, 0.15) is 0 Å². The summed E-state index contributed by atoms with van der Waals surface area (Å²) in [5, 5.41) is 8.51. The van der Waals surface area contributed by atoms with Gasteiger partial charge in [-0.1, -0.05) is 6.07 Å². The molecule has 0 saturated carbocycles. The highest BCUT2D eigenvalue weighted by Gasteiger charge is 2.36. The molecule has 0 aliphatic rings. The first kappa shape index (κ1) is 10.9. The van der Waals surface area contributed by atoms with Crippen molar-refractivity contribution >= 4 is 12.6 Å². The van der Waals surface area contributed by atoms with Gasteiger partial charge < -0.3 is 0 Å². The lowest BCUT2D eigenvalue weighted by Gasteiger charge is -2.12. The van der Waals surface area contributed by atoms with Crippen LogP contribution in [0.25, 0.3) is 0 Å². The van der Waals surface area contributed by atoms with Gasteiger partial charge in [-0.2, -0.15) is 18.4 Å². The van der Waals surface area contributed by atoms with Crippen LogP contribution in [-0.4, -0.2) is 0 Å². The summed E-state index contributed by atoms with van der Waals surface area (Å²) in [6.07, 6.45) is -4.53. The summed E-state index contributed by atoms with van der Waals surface area (Å²) in [6.45, 7) is 1.51. The Morgan fingerprint density at radius 1 is 1.36 bits per heavy atom. The van der Waals surface area contributed by atoms with E-state index in [-0.39, 0.29) is 4.90 Å². The summed E-state index contributed by atoms with van der Waals surface area (Å²) < 4.78 is 37.4. The average molecular weight is 217 g/mol. The summed E-state index contributed by atoms with van der Waals surface area (Å²) in [5.41, 5.74) is -0.948. The number of rotatable bonds is 0. The van der Waals surface area contributed by atoms with E-state index < -0.39 is 17.3 Å². The fourth-order valence-corrected chi connectivity index (χ4v) is 1.40. The number of alkyl halides is 3. The van der Waals surface area contributed by atoms with Crippen LogP contribution in [0.5, 0.6) is 0 Å². The highest BCUT2D eigenvalue weighted by molar-refractivity contribution is 7.80. The molecule has 0 saturated heterocycles. The third kappa shape index (κ3) is 1.85. The van der Waals surface area contributed by atoms with Gasteiger partial charge in [-0.25, -0.2) is 0 Å². The lowest BCUT2D eigenvalue weighted by atomic mass is 10.0. The predicted octanol–water partition coefficient (Wildman–Crippen LogP) is 3.17. The van der Waals surface area contributed by atoms with E-state index in [1.165, 1.54) is 19.1 Å². The molecule has 0 bridgehead atoms. The molecule has 0 atom stereocenters. The van der Waals surface area contributed by atoms with Crippen molar-refractivity contribution in [1.29, 1.82) is 5.26 Å². The van der Waals surface area contributed by atoms with E-state index in [0.29, 0.717) is 5.56 Å². The topological polar surface area (TPSA) is 23.8 Å². The molecule has 0 N–H and O–H groups in total. The minimum atomic E-state index is -4.53. The molecule has 0 aromatic heterocycles. The van der Waals surface area contributed by atoms with Gasteiger partial charge in [0.25, 0.3) is 0 Å². The lowest BCUT2D eigenvalue weighted by molar-refractivity contribution is -0.140. The van der Waals surface area contributed by atoms with Crippen LogP contribution in [0.3, 0.4) is 0 Å². The van der Waals surface area contributed by atoms with E-state index >= 15 is 0 Å². The first-order valence-electron chi connectivity index (χ1n) is 3.67. The summed E-state index contributed by atoms with van der Waals surface area (Å²) in [4.78, 5) is -0.184. The number of hydrogen-bond donors (Lipinski definition) is 1. The Balaban J connectivity index is 3.54. The Morgan fingerprint density at radius 2 is 1.93 bits per heavy atom. The van der Waals surface area contributed by atoms with Crippen LogP contribution in [0.4, 0.5) is 13.2 Å². The fraction of sp³-hybridized carbons (Fsp3) is 0.222. The Morgan fingerprint density at radius 3 is 2.36 bits per heavy atom. The second-order valence-electron chi connectivity index (χ2n) is 2.76. The first-order chi connectivity index (χ1) is 6.38. The number of nitriles is 1. The molecule has 0 aliphatic carbocycles. The van der Waals surface area contributed by atoms with Crippen LogP contribution < -0.4 is 0 Å². The fourth-order valence-electron chi connectivity index (χ4n) is 1.08. The zero-order valence-electron chi connectivity index (χ0n) is 7.18. The summed E-state index contributed by atoms with van der Waals surface area (Å²) in [7, 11) is 0. The molecule has 1 aromatic carbocycles. The third-order valence-corrected chi connectivity index (χ3v) is 2.36. The number of halogens is 3. The van der Waals surface area contributed by atoms with Gasteiger partial charge in [0, 0.05) is 4.90 Å². The molecule has 0 fully saturated rings. The van der Waals surface area contributed by atoms with Crippen LogP contribution in [0.2, 0.25) is 0 Å². The Kier molecular flexibility index (Phi) is 2.76. The molecule has 74 valence electrons. The molecule has 14 heavy (non-hydrogen) atoms. The van der Waals surface area contributed by atoms with Crippen LogP contribution in [0.15, 0.2) is 17.0 Å². The smallest absolute Gasteiger partial charge is 0.192 e. The van der Waals surface area contributed by atoms with Crippen LogP contribution >= 0.6 is 12.6 Å². The summed E-state index contributed by atoms with van der Waals surface area (Å²) in [6, 6.07) is 4.09. The SMILES string of the molecule is Cc1ccc(C#N)c(C(F)(F)F)c1S. The van der Waals surface area contributed by atoms with Crippen molar-refractivity contribution in [2.75, 3.05) is 0 Å². The van der Waals surface area contributed by atoms with Gasteiger partial charge in [-0.3, -0.25) is 0 Å². The zero-order chi connectivity index (χ0) is 10.9. The Labute approximate surface area is 84.6 Å². The van der Waals surface area contributed by atoms with E-state index in [1.807, 2.05) is 0 Å². The van der Waals surface area contributed by atoms with Gasteiger partial charge in [0.05, 0.1) is 17.2 Å². The molecule has 0 spiro atoms. The summed E-state index contributed by atoms with van der Waals surface area (Å²) in [5.74, 6) is 0. The third-order valence-electron chi connectivity index (χ3n) is 1.78. The van der Waals surface area contributed by atoms with Crippen LogP contribution in [0, 0.1) is 18.3 Å². The van der Waals surface area contributed by atoms with Gasteiger partial charge >= 0.3 is 6.18 Å². The number of aryl methyl sites for hydroxylation is 1. The zero-order valence-corrected chi connectivity index (χ0v) is 8.08. The van der Waals surface area contributed by atoms with Crippen LogP contribution in [-0.2, 0) is 6.18 Å². The van der Waals surface area contributed by atoms with Crippen molar-refractivity contribution in [2.24, 2.45) is 0 Å². The Bertz CT molecular complexity index is 404. The van der Waals surface area contributed by atoms with Crippen molar-refractivity contribution in [3.8, 4) is 6.07 Å². The maximum absolute atomic E-state index is 12.5. The van der Waals surface area contributed by atoms with Crippen LogP contribution in [0.1, 0.15) is 16.7 Å². The van der Waals surface area contributed by atoms with E-state index in [0.717, 1.165) is 6.07 Å². The summed E-state index contributed by atoms with van der Waals surface area (Å²) >= 11 is 3.76. The molecular weight excluding hydrogens is 211 g/mol. The van der Waals surface area contributed by atoms with Crippen molar-refractivity contribution in [3.05, 3.63) is 28.8 Å². The maximum atomic E-state index is 12.5. The minimum Gasteiger partial charge on any atom is -0.192 e. The van der Waals surface area contributed by atoms with Crippen molar-refractivity contribution in [1.82, 2.24) is 0 Å². The molecule has 0 unspecified atom stereocenters. The molecule has 0 heterocycles. The largest absolute Gasteiger partial charge is 0.418 e. The van der Waals surface area contributed by atoms with Gasteiger partial charge in [-0.05, 0) is 18.6 Å². The van der Waals surface area contributed by atoms with E-state index in [1.54, 1.807) is 0 Å². The molecular formula is C9H6F3NS.